The van der Waals surface area contributed by atoms with Crippen LogP contribution < -0.4 is 0 Å². The van der Waals surface area contributed by atoms with Crippen molar-refractivity contribution in [1.82, 2.24) is 19.7 Å². The number of nitrogens with zero attached hydrogens (tertiary/aromatic N) is 3. The van der Waals surface area contributed by atoms with E-state index in [1.165, 1.54) is 5.56 Å². The van der Waals surface area contributed by atoms with Crippen LogP contribution in [-0.4, -0.2) is 19.7 Å². The van der Waals surface area contributed by atoms with Crippen LogP contribution in [0.15, 0.2) is 49.1 Å². The fourth-order valence-corrected chi connectivity index (χ4v) is 2.11. The molecule has 0 spiro atoms. The highest BCUT2D eigenvalue weighted by Crippen LogP contribution is 2.22. The maximum Gasteiger partial charge on any atom is 0.0924 e. The Hall–Kier alpha value is -2.36. The molecule has 90 valence electrons. The Balaban J connectivity index is 2.16. The molecule has 18 heavy (non-hydrogen) atoms. The molecular weight excluding hydrogens is 224 g/mol. The zero-order chi connectivity index (χ0) is 12.4. The van der Waals surface area contributed by atoms with Gasteiger partial charge in [-0.2, -0.15) is 5.10 Å². The molecule has 0 atom stereocenters. The van der Waals surface area contributed by atoms with Gasteiger partial charge in [-0.1, -0.05) is 25.1 Å². The van der Waals surface area contributed by atoms with Gasteiger partial charge in [0.1, 0.15) is 0 Å². The predicted octanol–water partition coefficient (Wildman–Crippen LogP) is 2.82. The van der Waals surface area contributed by atoms with E-state index >= 15 is 0 Å². The van der Waals surface area contributed by atoms with Crippen molar-refractivity contribution in [1.29, 1.82) is 0 Å². The van der Waals surface area contributed by atoms with Crippen molar-refractivity contribution in [2.75, 3.05) is 0 Å². The average molecular weight is 238 g/mol. The first-order chi connectivity index (χ1) is 8.90. The Morgan fingerprint density at radius 2 is 2.11 bits per heavy atom. The topological polar surface area (TPSA) is 46.5 Å². The van der Waals surface area contributed by atoms with Crippen molar-refractivity contribution in [3.63, 3.8) is 0 Å². The highest BCUT2D eigenvalue weighted by molar-refractivity contribution is 5.57. The molecule has 2 aromatic heterocycles. The van der Waals surface area contributed by atoms with Crippen LogP contribution in [0, 0.1) is 0 Å². The SMILES string of the molecule is CCc1ccccc1-n1nccc1-c1cnc[nH]1. The molecule has 0 saturated carbocycles. The third-order valence-corrected chi connectivity index (χ3v) is 3.02. The molecule has 0 amide bonds. The molecule has 0 saturated heterocycles. The third-order valence-electron chi connectivity index (χ3n) is 3.02. The summed E-state index contributed by atoms with van der Waals surface area (Å²) in [7, 11) is 0. The number of aromatic amines is 1. The molecule has 0 aliphatic carbocycles. The van der Waals surface area contributed by atoms with Crippen molar-refractivity contribution in [3.8, 4) is 17.1 Å². The van der Waals surface area contributed by atoms with E-state index in [4.69, 9.17) is 0 Å². The van der Waals surface area contributed by atoms with Crippen LogP contribution in [0.3, 0.4) is 0 Å². The molecule has 0 unspecified atom stereocenters. The number of hydrogen-bond acceptors (Lipinski definition) is 2. The number of hydrogen-bond donors (Lipinski definition) is 1. The summed E-state index contributed by atoms with van der Waals surface area (Å²) in [6.07, 6.45) is 6.28. The van der Waals surface area contributed by atoms with Crippen molar-refractivity contribution in [3.05, 3.63) is 54.6 Å². The van der Waals surface area contributed by atoms with Crippen LogP contribution in [0.1, 0.15) is 12.5 Å². The molecule has 4 heteroatoms. The number of rotatable bonds is 3. The Labute approximate surface area is 105 Å². The van der Waals surface area contributed by atoms with Crippen LogP contribution in [0.5, 0.6) is 0 Å². The lowest BCUT2D eigenvalue weighted by Gasteiger charge is -2.10. The van der Waals surface area contributed by atoms with Gasteiger partial charge in [0.05, 0.1) is 35.8 Å². The molecule has 1 aromatic carbocycles. The van der Waals surface area contributed by atoms with Gasteiger partial charge in [0.2, 0.25) is 0 Å². The Morgan fingerprint density at radius 3 is 2.89 bits per heavy atom. The maximum absolute atomic E-state index is 4.42. The van der Waals surface area contributed by atoms with E-state index < -0.39 is 0 Å². The first-order valence-corrected chi connectivity index (χ1v) is 6.01. The van der Waals surface area contributed by atoms with Gasteiger partial charge in [0.25, 0.3) is 0 Å². The average Bonchev–Trinajstić information content (AvgIpc) is 3.09. The number of para-hydroxylation sites is 1. The maximum atomic E-state index is 4.42. The van der Waals surface area contributed by atoms with Crippen LogP contribution in [0.4, 0.5) is 0 Å². The van der Waals surface area contributed by atoms with E-state index in [0.29, 0.717) is 0 Å². The normalized spacial score (nSPS) is 10.7. The summed E-state index contributed by atoms with van der Waals surface area (Å²) in [6.45, 7) is 2.15. The second-order valence-electron chi connectivity index (χ2n) is 4.08. The lowest BCUT2D eigenvalue weighted by Crippen LogP contribution is -2.02. The molecule has 3 rings (SSSR count). The number of aryl methyl sites for hydroxylation is 1. The van der Waals surface area contributed by atoms with Crippen molar-refractivity contribution in [2.24, 2.45) is 0 Å². The van der Waals surface area contributed by atoms with Gasteiger partial charge >= 0.3 is 0 Å². The summed E-state index contributed by atoms with van der Waals surface area (Å²) in [6, 6.07) is 10.3. The molecule has 1 N–H and O–H groups in total. The second kappa shape index (κ2) is 4.49. The second-order valence-corrected chi connectivity index (χ2v) is 4.08. The van der Waals surface area contributed by atoms with Gasteiger partial charge in [-0.3, -0.25) is 0 Å². The number of nitrogens with one attached hydrogen (secondary N) is 1. The Bertz CT molecular complexity index is 637. The first-order valence-electron chi connectivity index (χ1n) is 6.01. The number of H-pyrrole nitrogens is 1. The Morgan fingerprint density at radius 1 is 1.22 bits per heavy atom. The smallest absolute Gasteiger partial charge is 0.0924 e. The van der Waals surface area contributed by atoms with Crippen molar-refractivity contribution < 1.29 is 0 Å². The fraction of sp³-hybridized carbons (Fsp3) is 0.143. The number of benzene rings is 1. The van der Waals surface area contributed by atoms with E-state index in [9.17, 15) is 0 Å². The molecule has 0 bridgehead atoms. The van der Waals surface area contributed by atoms with Crippen LogP contribution in [0.2, 0.25) is 0 Å². The minimum Gasteiger partial charge on any atom is -0.343 e. The van der Waals surface area contributed by atoms with Gasteiger partial charge in [-0.15, -0.1) is 0 Å². The zero-order valence-electron chi connectivity index (χ0n) is 10.2. The van der Waals surface area contributed by atoms with Gasteiger partial charge in [-0.05, 0) is 24.1 Å². The van der Waals surface area contributed by atoms with Gasteiger partial charge in [-0.25, -0.2) is 9.67 Å². The lowest BCUT2D eigenvalue weighted by molar-refractivity contribution is 0.867. The highest BCUT2D eigenvalue weighted by atomic mass is 15.3. The largest absolute Gasteiger partial charge is 0.343 e. The monoisotopic (exact) mass is 238 g/mol. The summed E-state index contributed by atoms with van der Waals surface area (Å²) in [5.41, 5.74) is 4.39. The molecular formula is C14H14N4. The van der Waals surface area contributed by atoms with Crippen LogP contribution in [-0.2, 0) is 6.42 Å². The van der Waals surface area contributed by atoms with E-state index in [2.05, 4.69) is 40.2 Å². The molecule has 0 aliphatic heterocycles. The summed E-state index contributed by atoms with van der Waals surface area (Å²) in [4.78, 5) is 7.17. The van der Waals surface area contributed by atoms with Crippen molar-refractivity contribution >= 4 is 0 Å². The van der Waals surface area contributed by atoms with Gasteiger partial charge in [0.15, 0.2) is 0 Å². The summed E-state index contributed by atoms with van der Waals surface area (Å²) >= 11 is 0. The minimum absolute atomic E-state index is 0.971. The van der Waals surface area contributed by atoms with Crippen LogP contribution in [0.25, 0.3) is 17.1 Å². The number of aromatic nitrogens is 4. The predicted molar refractivity (Wildman–Crippen MR) is 70.5 cm³/mol. The van der Waals surface area contributed by atoms with Gasteiger partial charge in [0, 0.05) is 0 Å². The zero-order valence-corrected chi connectivity index (χ0v) is 10.2. The molecule has 0 fully saturated rings. The minimum atomic E-state index is 0.971. The summed E-state index contributed by atoms with van der Waals surface area (Å²) in [5, 5.41) is 4.42. The highest BCUT2D eigenvalue weighted by Gasteiger charge is 2.10. The first kappa shape index (κ1) is 10.8. The quantitative estimate of drug-likeness (QED) is 0.762. The van der Waals surface area contributed by atoms with Crippen LogP contribution >= 0.6 is 0 Å². The fourth-order valence-electron chi connectivity index (χ4n) is 2.11. The molecule has 0 radical (unpaired) electrons. The Kier molecular flexibility index (Phi) is 2.68. The molecule has 2 heterocycles. The summed E-state index contributed by atoms with van der Waals surface area (Å²) < 4.78 is 1.95. The standard InChI is InChI=1S/C14H14N4/c1-2-11-5-3-4-6-13(11)18-14(7-8-17-18)12-9-15-10-16-12/h3-10H,2H2,1H3,(H,15,16). The number of imidazole rings is 1. The summed E-state index contributed by atoms with van der Waals surface area (Å²) in [5.74, 6) is 0. The molecule has 4 nitrogen and oxygen atoms in total. The lowest BCUT2D eigenvalue weighted by atomic mass is 10.1. The molecule has 3 aromatic rings. The van der Waals surface area contributed by atoms with Crippen molar-refractivity contribution in [2.45, 2.75) is 13.3 Å². The molecule has 0 aliphatic rings. The van der Waals surface area contributed by atoms with Gasteiger partial charge < -0.3 is 4.98 Å². The van der Waals surface area contributed by atoms with E-state index in [1.807, 2.05) is 29.2 Å². The van der Waals surface area contributed by atoms with E-state index in [1.54, 1.807) is 6.33 Å². The van der Waals surface area contributed by atoms with E-state index in [0.717, 1.165) is 23.5 Å². The van der Waals surface area contributed by atoms with E-state index in [-0.39, 0.29) is 0 Å². The third kappa shape index (κ3) is 1.72.